The van der Waals surface area contributed by atoms with Gasteiger partial charge in [0, 0.05) is 34.8 Å². The summed E-state index contributed by atoms with van der Waals surface area (Å²) in [6.45, 7) is 7.22. The van der Waals surface area contributed by atoms with Gasteiger partial charge in [0.2, 0.25) is 5.82 Å². The van der Waals surface area contributed by atoms with Crippen molar-refractivity contribution in [2.45, 2.75) is 59.2 Å². The van der Waals surface area contributed by atoms with Crippen molar-refractivity contribution in [3.63, 3.8) is 0 Å². The minimum absolute atomic E-state index is 0.0667. The Bertz CT molecular complexity index is 1710. The fraction of sp³-hybridized carbons (Fsp3) is 0.321. The van der Waals surface area contributed by atoms with Gasteiger partial charge < -0.3 is 20.7 Å². The molecule has 0 aliphatic carbocycles. The molecule has 0 saturated heterocycles. The number of nitrogens with one attached hydrogen (secondary N) is 1. The number of rotatable bonds is 9. The van der Waals surface area contributed by atoms with E-state index in [4.69, 9.17) is 10.7 Å². The Balaban J connectivity index is 1.52. The van der Waals surface area contributed by atoms with Crippen LogP contribution in [0.25, 0.3) is 27.7 Å². The lowest BCUT2D eigenvalue weighted by Gasteiger charge is -2.32. The molecule has 0 saturated carbocycles. The molecule has 5 aromatic rings. The molecule has 4 N–H and O–H groups in total. The molecule has 206 valence electrons. The first kappa shape index (κ1) is 26.9. The van der Waals surface area contributed by atoms with E-state index in [2.05, 4.69) is 25.3 Å². The van der Waals surface area contributed by atoms with Gasteiger partial charge in [-0.3, -0.25) is 14.6 Å². The second-order valence-electron chi connectivity index (χ2n) is 10.1. The molecular formula is C28H31N9O3. The summed E-state index contributed by atoms with van der Waals surface area (Å²) in [6, 6.07) is 7.28. The number of hydrogen-bond acceptors (Lipinski definition) is 9. The molecule has 0 bridgehead atoms. The summed E-state index contributed by atoms with van der Waals surface area (Å²) in [6.07, 6.45) is 5.71. The normalized spacial score (nSPS) is 12.3. The van der Waals surface area contributed by atoms with Gasteiger partial charge in [-0.15, -0.1) is 10.2 Å². The molecule has 0 aliphatic rings. The Hall–Kier alpha value is -4.71. The number of nitrogens with zero attached hydrogens (tertiary/aromatic N) is 7. The number of ketones is 1. The van der Waals surface area contributed by atoms with Crippen molar-refractivity contribution < 1.29 is 14.7 Å². The van der Waals surface area contributed by atoms with Crippen LogP contribution in [0.15, 0.2) is 43.0 Å². The number of aromatic amines is 1. The zero-order chi connectivity index (χ0) is 28.6. The third-order valence-electron chi connectivity index (χ3n) is 7.03. The Morgan fingerprint density at radius 1 is 1.18 bits per heavy atom. The highest BCUT2D eigenvalue weighted by Crippen LogP contribution is 2.30. The maximum absolute atomic E-state index is 13.1. The number of pyridine rings is 1. The smallest absolute Gasteiger partial charge is 0.292 e. The van der Waals surface area contributed by atoms with Crippen molar-refractivity contribution in [3.05, 3.63) is 65.6 Å². The van der Waals surface area contributed by atoms with Crippen molar-refractivity contribution in [1.29, 1.82) is 0 Å². The number of hydrogen-bond donors (Lipinski definition) is 3. The average molecular weight is 542 g/mol. The minimum Gasteiger partial charge on any atom is -0.392 e. The molecule has 4 aromatic heterocycles. The topological polar surface area (TPSA) is 168 Å². The fourth-order valence-electron chi connectivity index (χ4n) is 5.12. The number of aromatic nitrogens is 7. The van der Waals surface area contributed by atoms with Gasteiger partial charge in [-0.2, -0.15) is 9.61 Å². The SMILES string of the molecule is CC(=O)c1c(CC[C@@H](C)N(C(=O)c2nnc[nH]2)C(C)C)nc2c(-c3cnc4ccc(CO)cc4c3)cnn2c1N. The van der Waals surface area contributed by atoms with Crippen molar-refractivity contribution in [1.82, 2.24) is 39.7 Å². The van der Waals surface area contributed by atoms with Gasteiger partial charge in [0.15, 0.2) is 11.4 Å². The summed E-state index contributed by atoms with van der Waals surface area (Å²) in [4.78, 5) is 39.7. The number of nitrogen functional groups attached to an aromatic ring is 1. The highest BCUT2D eigenvalue weighted by atomic mass is 16.3. The predicted octanol–water partition coefficient (Wildman–Crippen LogP) is 3.21. The molecular weight excluding hydrogens is 510 g/mol. The van der Waals surface area contributed by atoms with Crippen molar-refractivity contribution >= 4 is 34.1 Å². The summed E-state index contributed by atoms with van der Waals surface area (Å²) < 4.78 is 1.47. The van der Waals surface area contributed by atoms with E-state index in [-0.39, 0.29) is 42.0 Å². The summed E-state index contributed by atoms with van der Waals surface area (Å²) in [5, 5.41) is 22.4. The average Bonchev–Trinajstić information content (AvgIpc) is 3.62. The summed E-state index contributed by atoms with van der Waals surface area (Å²) in [5.74, 6) is -0.0798. The summed E-state index contributed by atoms with van der Waals surface area (Å²) >= 11 is 0. The van der Waals surface area contributed by atoms with E-state index in [9.17, 15) is 14.7 Å². The molecule has 40 heavy (non-hydrogen) atoms. The third kappa shape index (κ3) is 4.89. The fourth-order valence-corrected chi connectivity index (χ4v) is 5.12. The van der Waals surface area contributed by atoms with E-state index in [0.717, 1.165) is 22.0 Å². The molecule has 5 rings (SSSR count). The number of nitrogens with two attached hydrogens (primary N) is 1. The first-order chi connectivity index (χ1) is 19.2. The van der Waals surface area contributed by atoms with Crippen molar-refractivity contribution in [3.8, 4) is 11.1 Å². The number of aliphatic hydroxyl groups excluding tert-OH is 1. The number of aryl methyl sites for hydroxylation is 1. The maximum atomic E-state index is 13.1. The third-order valence-corrected chi connectivity index (χ3v) is 7.03. The van der Waals surface area contributed by atoms with Crippen LogP contribution in [-0.4, -0.2) is 68.5 Å². The number of H-pyrrole nitrogens is 1. The minimum atomic E-state index is -0.249. The van der Waals surface area contributed by atoms with Gasteiger partial charge in [-0.05, 0) is 64.3 Å². The molecule has 1 amide bonds. The molecule has 4 heterocycles. The standard InChI is InChI=1S/C28H31N9O3/c1-15(2)36(28(40)26-31-14-32-35-26)16(3)5-7-23-24(17(4)39)25(29)37-27(34-23)21(12-33-37)20-10-19-9-18(13-38)6-8-22(19)30-11-20/h6,8-12,14-16,38H,5,7,13,29H2,1-4H3,(H,31,32,35)/t16-/m1/s1. The van der Waals surface area contributed by atoms with Crippen LogP contribution in [0.2, 0.25) is 0 Å². The van der Waals surface area contributed by atoms with E-state index < -0.39 is 0 Å². The lowest BCUT2D eigenvalue weighted by atomic mass is 10.0. The molecule has 0 fully saturated rings. The van der Waals surface area contributed by atoms with Gasteiger partial charge in [0.1, 0.15) is 12.1 Å². The Morgan fingerprint density at radius 2 is 1.98 bits per heavy atom. The molecule has 0 radical (unpaired) electrons. The molecule has 1 aromatic carbocycles. The highest BCUT2D eigenvalue weighted by molar-refractivity contribution is 6.00. The second-order valence-corrected chi connectivity index (χ2v) is 10.1. The van der Waals surface area contributed by atoms with E-state index in [1.54, 1.807) is 17.3 Å². The monoisotopic (exact) mass is 541 g/mol. The van der Waals surface area contributed by atoms with Crippen LogP contribution in [0.5, 0.6) is 0 Å². The van der Waals surface area contributed by atoms with Gasteiger partial charge >= 0.3 is 0 Å². The van der Waals surface area contributed by atoms with E-state index >= 15 is 0 Å². The Morgan fingerprint density at radius 3 is 2.65 bits per heavy atom. The Labute approximate surface area is 230 Å². The summed E-state index contributed by atoms with van der Waals surface area (Å²) in [5.41, 5.74) is 10.9. The lowest BCUT2D eigenvalue weighted by molar-refractivity contribution is 0.0603. The summed E-state index contributed by atoms with van der Waals surface area (Å²) in [7, 11) is 0. The number of benzene rings is 1. The molecule has 1 atom stereocenters. The number of carbonyl (C=O) groups excluding carboxylic acids is 2. The van der Waals surface area contributed by atoms with E-state index in [1.165, 1.54) is 17.8 Å². The number of Topliss-reactive ketones (excluding diaryl/α,β-unsaturated/α-hetero) is 1. The van der Waals surface area contributed by atoms with Crippen LogP contribution in [0, 0.1) is 0 Å². The first-order valence-corrected chi connectivity index (χ1v) is 13.0. The predicted molar refractivity (Wildman–Crippen MR) is 150 cm³/mol. The van der Waals surface area contributed by atoms with Gasteiger partial charge in [-0.1, -0.05) is 6.07 Å². The molecule has 0 unspecified atom stereocenters. The van der Waals surface area contributed by atoms with Crippen LogP contribution in [0.1, 0.15) is 66.4 Å². The van der Waals surface area contributed by atoms with E-state index in [0.29, 0.717) is 35.3 Å². The van der Waals surface area contributed by atoms with Gasteiger partial charge in [-0.25, -0.2) is 4.98 Å². The highest BCUT2D eigenvalue weighted by Gasteiger charge is 2.27. The van der Waals surface area contributed by atoms with Crippen molar-refractivity contribution in [2.75, 3.05) is 5.73 Å². The van der Waals surface area contributed by atoms with Crippen LogP contribution in [0.4, 0.5) is 5.82 Å². The number of aliphatic hydroxyl groups is 1. The molecule has 0 spiro atoms. The van der Waals surface area contributed by atoms with Crippen molar-refractivity contribution in [2.24, 2.45) is 0 Å². The quantitative estimate of drug-likeness (QED) is 0.237. The van der Waals surface area contributed by atoms with Crippen LogP contribution in [0.3, 0.4) is 0 Å². The van der Waals surface area contributed by atoms with Crippen LogP contribution < -0.4 is 5.73 Å². The van der Waals surface area contributed by atoms with Gasteiger partial charge in [0.25, 0.3) is 5.91 Å². The largest absolute Gasteiger partial charge is 0.392 e. The number of amides is 1. The molecule has 12 nitrogen and oxygen atoms in total. The van der Waals surface area contributed by atoms with Gasteiger partial charge in [0.05, 0.1) is 29.6 Å². The number of fused-ring (bicyclic) bond motifs is 2. The van der Waals surface area contributed by atoms with Crippen LogP contribution in [-0.2, 0) is 13.0 Å². The number of anilines is 1. The lowest BCUT2D eigenvalue weighted by Crippen LogP contribution is -2.44. The van der Waals surface area contributed by atoms with Crippen LogP contribution >= 0.6 is 0 Å². The van der Waals surface area contributed by atoms with E-state index in [1.807, 2.05) is 45.0 Å². The molecule has 12 heteroatoms. The first-order valence-electron chi connectivity index (χ1n) is 13.0. The zero-order valence-corrected chi connectivity index (χ0v) is 22.8. The molecule has 0 aliphatic heterocycles. The number of carbonyl (C=O) groups is 2. The zero-order valence-electron chi connectivity index (χ0n) is 22.8. The maximum Gasteiger partial charge on any atom is 0.292 e. The Kier molecular flexibility index (Phi) is 7.26. The second kappa shape index (κ2) is 10.8.